The Bertz CT molecular complexity index is 1170. The van der Waals surface area contributed by atoms with Crippen molar-refractivity contribution >= 4 is 39.1 Å². The van der Waals surface area contributed by atoms with Crippen LogP contribution in [0.25, 0.3) is 0 Å². The highest BCUT2D eigenvalue weighted by Gasteiger charge is 2.27. The normalized spacial score (nSPS) is 12.3. The third kappa shape index (κ3) is 8.52. The predicted octanol–water partition coefficient (Wildman–Crippen LogP) is 4.69. The van der Waals surface area contributed by atoms with Gasteiger partial charge in [0.25, 0.3) is 0 Å². The summed E-state index contributed by atoms with van der Waals surface area (Å²) in [7, 11) is -3.55. The molecule has 0 aliphatic rings. The van der Waals surface area contributed by atoms with Gasteiger partial charge in [-0.1, -0.05) is 55.8 Å². The number of hydrogen-bond donors (Lipinski definition) is 1. The highest BCUT2D eigenvalue weighted by Crippen LogP contribution is 2.25. The first kappa shape index (κ1) is 29.6. The van der Waals surface area contributed by atoms with Crippen molar-refractivity contribution in [2.75, 3.05) is 23.7 Å². The zero-order valence-corrected chi connectivity index (χ0v) is 23.6. The van der Waals surface area contributed by atoms with E-state index in [-0.39, 0.29) is 37.2 Å². The number of rotatable bonds is 12. The van der Waals surface area contributed by atoms with Crippen molar-refractivity contribution in [2.45, 2.75) is 60.0 Å². The molecule has 9 heteroatoms. The summed E-state index contributed by atoms with van der Waals surface area (Å²) < 4.78 is 26.5. The number of sulfonamides is 1. The number of hydrogen-bond acceptors (Lipinski definition) is 4. The Morgan fingerprint density at radius 1 is 1.06 bits per heavy atom. The van der Waals surface area contributed by atoms with Crippen LogP contribution in [0.1, 0.15) is 50.3 Å². The summed E-state index contributed by atoms with van der Waals surface area (Å²) in [4.78, 5) is 27.7. The van der Waals surface area contributed by atoms with E-state index in [2.05, 4.69) is 5.32 Å². The van der Waals surface area contributed by atoms with Gasteiger partial charge >= 0.3 is 0 Å². The van der Waals surface area contributed by atoms with Gasteiger partial charge in [-0.15, -0.1) is 0 Å². The van der Waals surface area contributed by atoms with E-state index in [1.54, 1.807) is 13.0 Å². The van der Waals surface area contributed by atoms with Gasteiger partial charge in [0, 0.05) is 31.1 Å². The summed E-state index contributed by atoms with van der Waals surface area (Å²) in [6.45, 7) is 10.3. The van der Waals surface area contributed by atoms with Crippen molar-refractivity contribution in [2.24, 2.45) is 5.92 Å². The van der Waals surface area contributed by atoms with Gasteiger partial charge in [-0.3, -0.25) is 13.9 Å². The van der Waals surface area contributed by atoms with Gasteiger partial charge in [-0.2, -0.15) is 0 Å². The number of nitrogens with zero attached hydrogens (tertiary/aromatic N) is 2. The third-order valence-corrected chi connectivity index (χ3v) is 7.48. The molecule has 36 heavy (non-hydrogen) atoms. The quantitative estimate of drug-likeness (QED) is 0.427. The number of nitrogens with one attached hydrogen (secondary N) is 1. The molecule has 0 aliphatic heterocycles. The lowest BCUT2D eigenvalue weighted by molar-refractivity contribution is -0.140. The van der Waals surface area contributed by atoms with Crippen LogP contribution in [-0.2, 0) is 26.2 Å². The molecule has 0 saturated heterocycles. The van der Waals surface area contributed by atoms with E-state index in [1.807, 2.05) is 64.1 Å². The largest absolute Gasteiger partial charge is 0.354 e. The van der Waals surface area contributed by atoms with E-state index in [1.165, 1.54) is 15.5 Å². The SMILES string of the molecule is Cc1ccc(C)c(N(CCCC(=O)N(Cc2ccccc2Cl)C(C)C(=O)NCC(C)C)S(C)(=O)=O)c1. The summed E-state index contributed by atoms with van der Waals surface area (Å²) in [5.74, 6) is -0.199. The number of halogens is 1. The molecule has 0 fully saturated rings. The molecule has 2 aromatic rings. The number of carbonyl (C=O) groups excluding carboxylic acids is 2. The summed E-state index contributed by atoms with van der Waals surface area (Å²) in [5.41, 5.74) is 3.14. The van der Waals surface area contributed by atoms with Crippen molar-refractivity contribution < 1.29 is 18.0 Å². The second kappa shape index (κ2) is 13.1. The second-order valence-electron chi connectivity index (χ2n) is 9.66. The molecule has 1 unspecified atom stereocenters. The molecule has 1 atom stereocenters. The summed E-state index contributed by atoms with van der Waals surface area (Å²) >= 11 is 6.34. The standard InChI is InChI=1S/C27H38ClN3O4S/c1-19(2)17-29-27(33)22(5)30(18-23-10-7-8-11-24(23)28)26(32)12-9-15-31(36(6,34)35)25-16-20(3)13-14-21(25)4/h7-8,10-11,13-14,16,19,22H,9,12,15,17-18H2,1-6H3,(H,29,33). The van der Waals surface area contributed by atoms with E-state index < -0.39 is 16.1 Å². The van der Waals surface area contributed by atoms with Crippen LogP contribution in [-0.4, -0.2) is 50.5 Å². The van der Waals surface area contributed by atoms with Gasteiger partial charge in [0.2, 0.25) is 21.8 Å². The van der Waals surface area contributed by atoms with Gasteiger partial charge in [-0.05, 0) is 61.9 Å². The maximum absolute atomic E-state index is 13.4. The van der Waals surface area contributed by atoms with Crippen molar-refractivity contribution in [3.05, 3.63) is 64.2 Å². The van der Waals surface area contributed by atoms with E-state index in [9.17, 15) is 18.0 Å². The van der Waals surface area contributed by atoms with Crippen LogP contribution < -0.4 is 9.62 Å². The molecule has 0 heterocycles. The minimum absolute atomic E-state index is 0.0864. The summed E-state index contributed by atoms with van der Waals surface area (Å²) in [5, 5.41) is 3.41. The minimum atomic E-state index is -3.55. The van der Waals surface area contributed by atoms with Crippen LogP contribution in [0.4, 0.5) is 5.69 Å². The zero-order valence-electron chi connectivity index (χ0n) is 22.0. The first-order valence-corrected chi connectivity index (χ1v) is 14.4. The molecule has 198 valence electrons. The molecule has 1 N–H and O–H groups in total. The first-order valence-electron chi connectivity index (χ1n) is 12.2. The number of aryl methyl sites for hydroxylation is 2. The Balaban J connectivity index is 2.21. The van der Waals surface area contributed by atoms with Crippen LogP contribution in [0, 0.1) is 19.8 Å². The molecular formula is C27H38ClN3O4S. The predicted molar refractivity (Wildman–Crippen MR) is 147 cm³/mol. The Hall–Kier alpha value is -2.58. The number of amides is 2. The fraction of sp³-hybridized carbons (Fsp3) is 0.481. The van der Waals surface area contributed by atoms with E-state index in [0.717, 1.165) is 16.7 Å². The fourth-order valence-corrected chi connectivity index (χ4v) is 5.03. The maximum Gasteiger partial charge on any atom is 0.242 e. The van der Waals surface area contributed by atoms with E-state index in [4.69, 9.17) is 11.6 Å². The maximum atomic E-state index is 13.4. The van der Waals surface area contributed by atoms with Crippen LogP contribution >= 0.6 is 11.6 Å². The average molecular weight is 536 g/mol. The van der Waals surface area contributed by atoms with Crippen LogP contribution in [0.3, 0.4) is 0 Å². The average Bonchev–Trinajstić information content (AvgIpc) is 2.80. The lowest BCUT2D eigenvalue weighted by Gasteiger charge is -2.30. The molecule has 0 bridgehead atoms. The van der Waals surface area contributed by atoms with Gasteiger partial charge < -0.3 is 10.2 Å². The molecule has 0 aromatic heterocycles. The Labute approximate surface area is 220 Å². The zero-order chi connectivity index (χ0) is 27.0. The fourth-order valence-electron chi connectivity index (χ4n) is 3.82. The smallest absolute Gasteiger partial charge is 0.242 e. The minimum Gasteiger partial charge on any atom is -0.354 e. The molecular weight excluding hydrogens is 498 g/mol. The number of benzene rings is 2. The summed E-state index contributed by atoms with van der Waals surface area (Å²) in [6, 6.07) is 12.2. The Morgan fingerprint density at radius 2 is 1.72 bits per heavy atom. The Morgan fingerprint density at radius 3 is 2.33 bits per heavy atom. The highest BCUT2D eigenvalue weighted by molar-refractivity contribution is 7.92. The van der Waals surface area contributed by atoms with Crippen molar-refractivity contribution in [3.63, 3.8) is 0 Å². The van der Waals surface area contributed by atoms with Crippen LogP contribution in [0.5, 0.6) is 0 Å². The second-order valence-corrected chi connectivity index (χ2v) is 12.0. The molecule has 0 spiro atoms. The van der Waals surface area contributed by atoms with Crippen LogP contribution in [0.2, 0.25) is 5.02 Å². The monoisotopic (exact) mass is 535 g/mol. The molecule has 7 nitrogen and oxygen atoms in total. The number of carbonyl (C=O) groups is 2. The van der Waals surface area contributed by atoms with E-state index >= 15 is 0 Å². The topological polar surface area (TPSA) is 86.8 Å². The first-order chi connectivity index (χ1) is 16.8. The molecule has 0 saturated carbocycles. The third-order valence-electron chi connectivity index (χ3n) is 5.94. The van der Waals surface area contributed by atoms with E-state index in [0.29, 0.717) is 23.7 Å². The molecule has 2 amide bonds. The van der Waals surface area contributed by atoms with Crippen LogP contribution in [0.15, 0.2) is 42.5 Å². The van der Waals surface area contributed by atoms with Gasteiger partial charge in [0.15, 0.2) is 0 Å². The van der Waals surface area contributed by atoms with Gasteiger partial charge in [0.05, 0.1) is 11.9 Å². The molecule has 0 aliphatic carbocycles. The van der Waals surface area contributed by atoms with Gasteiger partial charge in [-0.25, -0.2) is 8.42 Å². The Kier molecular flexibility index (Phi) is 10.8. The number of anilines is 1. The summed E-state index contributed by atoms with van der Waals surface area (Å²) in [6.07, 6.45) is 1.56. The molecule has 2 aromatic carbocycles. The molecule has 0 radical (unpaired) electrons. The lowest BCUT2D eigenvalue weighted by Crippen LogP contribution is -2.48. The van der Waals surface area contributed by atoms with Gasteiger partial charge in [0.1, 0.15) is 6.04 Å². The van der Waals surface area contributed by atoms with Crippen molar-refractivity contribution in [1.29, 1.82) is 0 Å². The molecule has 2 rings (SSSR count). The highest BCUT2D eigenvalue weighted by atomic mass is 35.5. The lowest BCUT2D eigenvalue weighted by atomic mass is 10.1. The van der Waals surface area contributed by atoms with Crippen molar-refractivity contribution in [1.82, 2.24) is 10.2 Å². The van der Waals surface area contributed by atoms with Crippen molar-refractivity contribution in [3.8, 4) is 0 Å².